The summed E-state index contributed by atoms with van der Waals surface area (Å²) in [7, 11) is 0. The molecule has 0 saturated carbocycles. The van der Waals surface area contributed by atoms with Crippen LogP contribution in [0.15, 0.2) is 151 Å². The van der Waals surface area contributed by atoms with Gasteiger partial charge in [-0.2, -0.15) is 5.10 Å². The van der Waals surface area contributed by atoms with Crippen molar-refractivity contribution in [3.63, 3.8) is 0 Å². The molecule has 3 nitrogen and oxygen atoms in total. The first-order valence-corrected chi connectivity index (χ1v) is 15.4. The lowest BCUT2D eigenvalue weighted by Gasteiger charge is -2.11. The fourth-order valence-electron chi connectivity index (χ4n) is 6.54. The SMILES string of the molecule is c1ccc(-c2nn3c(-c4cccs4)cc4ccccc4c3c2-c2ccc3c4ccccc4n(-c4ccccc4)c3c2)cc1. The minimum Gasteiger partial charge on any atom is -0.309 e. The minimum absolute atomic E-state index is 0.983. The van der Waals surface area contributed by atoms with Gasteiger partial charge < -0.3 is 4.57 Å². The van der Waals surface area contributed by atoms with Gasteiger partial charge >= 0.3 is 0 Å². The van der Waals surface area contributed by atoms with Gasteiger partial charge in [0.05, 0.1) is 27.1 Å². The van der Waals surface area contributed by atoms with Gasteiger partial charge in [0, 0.05) is 33.0 Å². The van der Waals surface area contributed by atoms with Gasteiger partial charge in [-0.05, 0) is 52.7 Å². The molecule has 0 aliphatic heterocycles. The Morgan fingerprint density at radius 2 is 1.26 bits per heavy atom. The number of aromatic nitrogens is 3. The van der Waals surface area contributed by atoms with Crippen LogP contribution >= 0.6 is 11.3 Å². The Morgan fingerprint density at radius 1 is 0.535 bits per heavy atom. The van der Waals surface area contributed by atoms with Crippen molar-refractivity contribution >= 4 is 49.4 Å². The van der Waals surface area contributed by atoms with Crippen LogP contribution in [0, 0.1) is 0 Å². The lowest BCUT2D eigenvalue weighted by Crippen LogP contribution is -1.94. The molecule has 0 amide bonds. The number of nitrogens with zero attached hydrogens (tertiary/aromatic N) is 3. The average molecular weight is 568 g/mol. The Morgan fingerprint density at radius 3 is 2.07 bits per heavy atom. The second-order valence-corrected chi connectivity index (χ2v) is 11.8. The van der Waals surface area contributed by atoms with Crippen molar-refractivity contribution in [2.75, 3.05) is 0 Å². The zero-order valence-corrected chi connectivity index (χ0v) is 24.0. The maximum absolute atomic E-state index is 5.39. The van der Waals surface area contributed by atoms with Gasteiger partial charge in [0.1, 0.15) is 5.69 Å². The van der Waals surface area contributed by atoms with Crippen molar-refractivity contribution < 1.29 is 0 Å². The van der Waals surface area contributed by atoms with Gasteiger partial charge in [0.25, 0.3) is 0 Å². The van der Waals surface area contributed by atoms with Gasteiger partial charge in [-0.25, -0.2) is 4.52 Å². The molecule has 4 heteroatoms. The third kappa shape index (κ3) is 3.70. The number of rotatable bonds is 4. The highest BCUT2D eigenvalue weighted by Gasteiger charge is 2.23. The standard InChI is InChI=1S/C39H25N3S/c1-3-12-26(13-4-1)38-37(39-30-17-8-7-14-27(30)24-35(42(39)40-38)36-20-11-23-43-36)28-21-22-32-31-18-9-10-19-33(31)41(34(32)25-28)29-15-5-2-6-16-29/h1-25H. The van der Waals surface area contributed by atoms with Crippen LogP contribution in [-0.4, -0.2) is 14.2 Å². The van der Waals surface area contributed by atoms with E-state index in [0.717, 1.165) is 39.3 Å². The summed E-state index contributed by atoms with van der Waals surface area (Å²) >= 11 is 1.75. The monoisotopic (exact) mass is 567 g/mol. The Balaban J connectivity index is 1.44. The van der Waals surface area contributed by atoms with E-state index in [9.17, 15) is 0 Å². The number of para-hydroxylation sites is 2. The van der Waals surface area contributed by atoms with Crippen LogP contribution in [0.1, 0.15) is 0 Å². The molecule has 43 heavy (non-hydrogen) atoms. The lowest BCUT2D eigenvalue weighted by molar-refractivity contribution is 0.982. The molecule has 4 aromatic heterocycles. The van der Waals surface area contributed by atoms with Crippen LogP contribution in [0.4, 0.5) is 0 Å². The molecule has 0 unspecified atom stereocenters. The highest BCUT2D eigenvalue weighted by Crippen LogP contribution is 2.43. The fraction of sp³-hybridized carbons (Fsp3) is 0. The van der Waals surface area contributed by atoms with Gasteiger partial charge in [-0.15, -0.1) is 11.3 Å². The van der Waals surface area contributed by atoms with Crippen molar-refractivity contribution in [1.29, 1.82) is 0 Å². The predicted octanol–water partition coefficient (Wildman–Crippen LogP) is 10.6. The fourth-order valence-corrected chi connectivity index (χ4v) is 7.27. The van der Waals surface area contributed by atoms with Crippen molar-refractivity contribution in [3.8, 4) is 38.6 Å². The van der Waals surface area contributed by atoms with Gasteiger partial charge in [-0.3, -0.25) is 0 Å². The summed E-state index contributed by atoms with van der Waals surface area (Å²) in [5.74, 6) is 0. The highest BCUT2D eigenvalue weighted by molar-refractivity contribution is 7.13. The molecule has 0 atom stereocenters. The first-order chi connectivity index (χ1) is 21.3. The van der Waals surface area contributed by atoms with Crippen LogP contribution < -0.4 is 0 Å². The summed E-state index contributed by atoms with van der Waals surface area (Å²) in [5, 5.41) is 12.4. The molecule has 9 rings (SSSR count). The molecule has 0 saturated heterocycles. The van der Waals surface area contributed by atoms with E-state index in [1.807, 2.05) is 0 Å². The largest absolute Gasteiger partial charge is 0.309 e. The molecular formula is C39H25N3S. The molecule has 4 heterocycles. The number of fused-ring (bicyclic) bond motifs is 6. The van der Waals surface area contributed by atoms with Crippen LogP contribution in [0.5, 0.6) is 0 Å². The molecule has 0 fully saturated rings. The zero-order chi connectivity index (χ0) is 28.3. The average Bonchev–Trinajstić information content (AvgIpc) is 3.82. The maximum Gasteiger partial charge on any atom is 0.101 e. The van der Waals surface area contributed by atoms with Crippen molar-refractivity contribution in [2.24, 2.45) is 0 Å². The number of pyridine rings is 1. The maximum atomic E-state index is 5.39. The summed E-state index contributed by atoms with van der Waals surface area (Å²) in [4.78, 5) is 1.20. The topological polar surface area (TPSA) is 22.2 Å². The van der Waals surface area contributed by atoms with Gasteiger partial charge in [-0.1, -0.05) is 109 Å². The molecule has 0 aliphatic rings. The quantitative estimate of drug-likeness (QED) is 0.207. The molecule has 0 aliphatic carbocycles. The van der Waals surface area contributed by atoms with Crippen molar-refractivity contribution in [1.82, 2.24) is 14.2 Å². The van der Waals surface area contributed by atoms with E-state index < -0.39 is 0 Å². The summed E-state index contributed by atoms with van der Waals surface area (Å²) < 4.78 is 4.56. The predicted molar refractivity (Wildman–Crippen MR) is 181 cm³/mol. The minimum atomic E-state index is 0.983. The smallest absolute Gasteiger partial charge is 0.101 e. The van der Waals surface area contributed by atoms with Crippen LogP contribution in [-0.2, 0) is 0 Å². The van der Waals surface area contributed by atoms with E-state index in [-0.39, 0.29) is 0 Å². The molecule has 5 aromatic carbocycles. The second-order valence-electron chi connectivity index (χ2n) is 10.9. The molecule has 0 N–H and O–H groups in total. The van der Waals surface area contributed by atoms with Gasteiger partial charge in [0.15, 0.2) is 0 Å². The summed E-state index contributed by atoms with van der Waals surface area (Å²) in [5.41, 5.74) is 10.1. The number of benzene rings is 5. The van der Waals surface area contributed by atoms with Crippen LogP contribution in [0.25, 0.3) is 76.7 Å². The summed E-state index contributed by atoms with van der Waals surface area (Å²) in [6.07, 6.45) is 0. The Kier molecular flexibility index (Phi) is 5.37. The molecular weight excluding hydrogens is 543 g/mol. The highest BCUT2D eigenvalue weighted by atomic mass is 32.1. The number of hydrogen-bond donors (Lipinski definition) is 0. The van der Waals surface area contributed by atoms with E-state index in [4.69, 9.17) is 5.10 Å². The number of hydrogen-bond acceptors (Lipinski definition) is 2. The van der Waals surface area contributed by atoms with Crippen molar-refractivity contribution in [2.45, 2.75) is 0 Å². The number of thiophene rings is 1. The third-order valence-electron chi connectivity index (χ3n) is 8.42. The Labute approximate surface area is 252 Å². The van der Waals surface area contributed by atoms with Crippen molar-refractivity contribution in [3.05, 3.63) is 151 Å². The van der Waals surface area contributed by atoms with E-state index >= 15 is 0 Å². The van der Waals surface area contributed by atoms with Crippen LogP contribution in [0.2, 0.25) is 0 Å². The lowest BCUT2D eigenvalue weighted by atomic mass is 9.96. The van der Waals surface area contributed by atoms with Crippen LogP contribution in [0.3, 0.4) is 0 Å². The molecule has 202 valence electrons. The first kappa shape index (κ1) is 24.2. The summed E-state index contributed by atoms with van der Waals surface area (Å²) in [6, 6.07) is 52.1. The van der Waals surface area contributed by atoms with Gasteiger partial charge in [0.2, 0.25) is 0 Å². The van der Waals surface area contributed by atoms with E-state index in [2.05, 4.69) is 160 Å². The molecule has 0 radical (unpaired) electrons. The second kappa shape index (κ2) is 9.55. The van der Waals surface area contributed by atoms with E-state index in [1.54, 1.807) is 11.3 Å². The third-order valence-corrected chi connectivity index (χ3v) is 9.31. The van der Waals surface area contributed by atoms with E-state index in [0.29, 0.717) is 0 Å². The Bertz CT molecular complexity index is 2430. The molecule has 0 bridgehead atoms. The normalized spacial score (nSPS) is 11.7. The van der Waals surface area contributed by atoms with E-state index in [1.165, 1.54) is 37.5 Å². The zero-order valence-electron chi connectivity index (χ0n) is 23.2. The Hall–Kier alpha value is -5.45. The molecule has 0 spiro atoms. The first-order valence-electron chi connectivity index (χ1n) is 14.5. The molecule has 9 aromatic rings. The summed E-state index contributed by atoms with van der Waals surface area (Å²) in [6.45, 7) is 0.